The third-order valence-electron chi connectivity index (χ3n) is 8.15. The molecule has 1 saturated carbocycles. The van der Waals surface area contributed by atoms with Gasteiger partial charge in [0, 0.05) is 57.7 Å². The van der Waals surface area contributed by atoms with Gasteiger partial charge in [-0.3, -0.25) is 4.90 Å². The van der Waals surface area contributed by atoms with Gasteiger partial charge in [-0.25, -0.2) is 27.2 Å². The summed E-state index contributed by atoms with van der Waals surface area (Å²) in [5.74, 6) is -3.52. The Kier molecular flexibility index (Phi) is 5.43. The Morgan fingerprint density at radius 2 is 1.89 bits per heavy atom. The summed E-state index contributed by atoms with van der Waals surface area (Å²) in [6, 6.07) is 9.54. The van der Waals surface area contributed by atoms with Gasteiger partial charge in [-0.15, -0.1) is 0 Å². The molecule has 2 saturated heterocycles. The standard InChI is InChI=1S/C25H30F2N6O3S/c1-16-3-4-17(13-32-9-7-24(8-10-32)15-28-23(34)30-24)11-19(16)20-5-6-21-22(29-20)31(2)37(35,36)33(21)14-18-12-25(18,26)27/h3-6,11,18H,7-10,12-15H2,1-2H3,(H2,28,30,34). The number of hydrogen-bond acceptors (Lipinski definition) is 5. The quantitative estimate of drug-likeness (QED) is 0.617. The van der Waals surface area contributed by atoms with Crippen molar-refractivity contribution in [3.05, 3.63) is 41.5 Å². The summed E-state index contributed by atoms with van der Waals surface area (Å²) in [4.78, 5) is 18.6. The Balaban J connectivity index is 1.22. The van der Waals surface area contributed by atoms with E-state index in [0.29, 0.717) is 17.9 Å². The number of rotatable bonds is 5. The second-order valence-corrected chi connectivity index (χ2v) is 12.6. The van der Waals surface area contributed by atoms with Gasteiger partial charge < -0.3 is 10.6 Å². The summed E-state index contributed by atoms with van der Waals surface area (Å²) in [7, 11) is -2.54. The number of fused-ring (bicyclic) bond motifs is 1. The molecule has 0 radical (unpaired) electrons. The van der Waals surface area contributed by atoms with Crippen LogP contribution in [0.2, 0.25) is 0 Å². The van der Waals surface area contributed by atoms with Crippen LogP contribution in [0.3, 0.4) is 0 Å². The van der Waals surface area contributed by atoms with Crippen molar-refractivity contribution in [3.8, 4) is 11.3 Å². The Morgan fingerprint density at radius 3 is 2.54 bits per heavy atom. The van der Waals surface area contributed by atoms with Crippen LogP contribution >= 0.6 is 0 Å². The van der Waals surface area contributed by atoms with E-state index in [-0.39, 0.29) is 30.4 Å². The number of halogens is 2. The Hall–Kier alpha value is -2.99. The third-order valence-corrected chi connectivity index (χ3v) is 9.92. The highest BCUT2D eigenvalue weighted by Gasteiger charge is 2.59. The van der Waals surface area contributed by atoms with E-state index >= 15 is 0 Å². The van der Waals surface area contributed by atoms with E-state index < -0.39 is 22.0 Å². The number of hydrogen-bond donors (Lipinski definition) is 2. The normalized spacial score (nSPS) is 25.2. The number of nitrogens with zero attached hydrogens (tertiary/aromatic N) is 4. The number of nitrogens with one attached hydrogen (secondary N) is 2. The van der Waals surface area contributed by atoms with Gasteiger partial charge in [-0.1, -0.05) is 12.1 Å². The highest BCUT2D eigenvalue weighted by Crippen LogP contribution is 2.51. The van der Waals surface area contributed by atoms with Crippen LogP contribution < -0.4 is 19.2 Å². The number of likely N-dealkylation sites (tertiary alicyclic amines) is 1. The van der Waals surface area contributed by atoms with Crippen molar-refractivity contribution >= 4 is 27.7 Å². The van der Waals surface area contributed by atoms with Crippen molar-refractivity contribution in [2.75, 3.05) is 41.8 Å². The monoisotopic (exact) mass is 532 g/mol. The van der Waals surface area contributed by atoms with Gasteiger partial charge in [0.2, 0.25) is 0 Å². The topological polar surface area (TPSA) is 97.9 Å². The molecule has 2 amide bonds. The number of piperidine rings is 1. The Morgan fingerprint density at radius 1 is 1.16 bits per heavy atom. The van der Waals surface area contributed by atoms with Crippen LogP contribution in [-0.4, -0.2) is 69.0 Å². The van der Waals surface area contributed by atoms with Crippen LogP contribution in [0.25, 0.3) is 11.3 Å². The van der Waals surface area contributed by atoms with Gasteiger partial charge in [0.15, 0.2) is 5.82 Å². The van der Waals surface area contributed by atoms with Crippen molar-refractivity contribution in [1.82, 2.24) is 20.5 Å². The van der Waals surface area contributed by atoms with Gasteiger partial charge in [-0.05, 0) is 49.1 Å². The number of benzene rings is 1. The van der Waals surface area contributed by atoms with Crippen LogP contribution in [0.1, 0.15) is 30.4 Å². The number of aryl methyl sites for hydroxylation is 1. The second-order valence-electron chi connectivity index (χ2n) is 10.7. The van der Waals surface area contributed by atoms with E-state index in [1.54, 1.807) is 12.1 Å². The zero-order valence-corrected chi connectivity index (χ0v) is 21.6. The molecule has 1 atom stereocenters. The van der Waals surface area contributed by atoms with Crippen molar-refractivity contribution in [3.63, 3.8) is 0 Å². The minimum atomic E-state index is -3.95. The van der Waals surface area contributed by atoms with Crippen molar-refractivity contribution < 1.29 is 22.0 Å². The number of urea groups is 1. The van der Waals surface area contributed by atoms with Crippen LogP contribution in [0.15, 0.2) is 30.3 Å². The van der Waals surface area contributed by atoms with Gasteiger partial charge in [-0.2, -0.15) is 8.42 Å². The summed E-state index contributed by atoms with van der Waals surface area (Å²) in [6.45, 7) is 4.91. The Bertz CT molecular complexity index is 1380. The molecular formula is C25H30F2N6O3S. The predicted octanol–water partition coefficient (Wildman–Crippen LogP) is 2.86. The summed E-state index contributed by atoms with van der Waals surface area (Å²) < 4.78 is 55.1. The summed E-state index contributed by atoms with van der Waals surface area (Å²) in [5.41, 5.74) is 3.85. The first-order chi connectivity index (χ1) is 17.5. The first-order valence-corrected chi connectivity index (χ1v) is 13.9. The zero-order chi connectivity index (χ0) is 26.2. The van der Waals surface area contributed by atoms with Crippen LogP contribution in [0.4, 0.5) is 25.1 Å². The first-order valence-electron chi connectivity index (χ1n) is 12.5. The smallest absolute Gasteiger partial charge is 0.327 e. The fourth-order valence-corrected chi connectivity index (χ4v) is 6.99. The average molecular weight is 533 g/mol. The van der Waals surface area contributed by atoms with Gasteiger partial charge in [0.05, 0.1) is 16.9 Å². The van der Waals surface area contributed by atoms with Crippen LogP contribution in [0.5, 0.6) is 0 Å². The van der Waals surface area contributed by atoms with E-state index in [0.717, 1.165) is 57.8 Å². The van der Waals surface area contributed by atoms with Crippen LogP contribution in [0, 0.1) is 12.8 Å². The highest BCUT2D eigenvalue weighted by molar-refractivity contribution is 7.94. The molecule has 198 valence electrons. The van der Waals surface area contributed by atoms with E-state index in [1.165, 1.54) is 7.05 Å². The minimum Gasteiger partial charge on any atom is -0.336 e. The Labute approximate surface area is 215 Å². The molecule has 3 aliphatic heterocycles. The molecule has 2 aromatic rings. The maximum atomic E-state index is 13.5. The fourth-order valence-electron chi connectivity index (χ4n) is 5.58. The third kappa shape index (κ3) is 4.19. The fraction of sp³-hybridized carbons (Fsp3) is 0.520. The summed E-state index contributed by atoms with van der Waals surface area (Å²) >= 11 is 0. The van der Waals surface area contributed by atoms with Crippen molar-refractivity contribution in [2.24, 2.45) is 5.92 Å². The zero-order valence-electron chi connectivity index (χ0n) is 20.8. The second kappa shape index (κ2) is 8.26. The molecule has 0 bridgehead atoms. The maximum absolute atomic E-state index is 13.5. The van der Waals surface area contributed by atoms with Gasteiger partial charge in [0.1, 0.15) is 0 Å². The molecule has 1 unspecified atom stereocenters. The van der Waals surface area contributed by atoms with Crippen molar-refractivity contribution in [1.29, 1.82) is 0 Å². The number of aromatic nitrogens is 1. The lowest BCUT2D eigenvalue weighted by atomic mass is 9.88. The molecule has 1 aromatic carbocycles. The number of anilines is 2. The number of carbonyl (C=O) groups excluding carboxylic acids is 1. The molecule has 37 heavy (non-hydrogen) atoms. The molecule has 4 heterocycles. The number of pyridine rings is 1. The number of amides is 2. The lowest BCUT2D eigenvalue weighted by Crippen LogP contribution is -2.52. The maximum Gasteiger partial charge on any atom is 0.327 e. The molecule has 4 aliphatic rings. The lowest BCUT2D eigenvalue weighted by Gasteiger charge is -2.38. The molecular weight excluding hydrogens is 502 g/mol. The molecule has 6 rings (SSSR count). The first kappa shape index (κ1) is 24.4. The average Bonchev–Trinajstić information content (AvgIpc) is 3.22. The largest absolute Gasteiger partial charge is 0.336 e. The van der Waals surface area contributed by atoms with Crippen LogP contribution in [-0.2, 0) is 16.8 Å². The molecule has 2 N–H and O–H groups in total. The molecule has 1 aromatic heterocycles. The van der Waals surface area contributed by atoms with Crippen molar-refractivity contribution in [2.45, 2.75) is 44.2 Å². The predicted molar refractivity (Wildman–Crippen MR) is 136 cm³/mol. The van der Waals surface area contributed by atoms with E-state index in [4.69, 9.17) is 0 Å². The number of carbonyl (C=O) groups is 1. The molecule has 1 aliphatic carbocycles. The van der Waals surface area contributed by atoms with Gasteiger partial charge >= 0.3 is 16.2 Å². The van der Waals surface area contributed by atoms with E-state index in [1.807, 2.05) is 13.0 Å². The lowest BCUT2D eigenvalue weighted by molar-refractivity contribution is 0.101. The summed E-state index contributed by atoms with van der Waals surface area (Å²) in [6.07, 6.45) is 1.49. The number of alkyl halides is 2. The molecule has 12 heteroatoms. The van der Waals surface area contributed by atoms with Gasteiger partial charge in [0.25, 0.3) is 5.92 Å². The minimum absolute atomic E-state index is 0.0921. The molecule has 9 nitrogen and oxygen atoms in total. The molecule has 3 fully saturated rings. The SMILES string of the molecule is Cc1ccc(CN2CCC3(CC2)CNC(=O)N3)cc1-c1ccc2c(n1)N(C)S(=O)(=O)N2CC1CC1(F)F. The summed E-state index contributed by atoms with van der Waals surface area (Å²) in [5, 5.41) is 5.94. The highest BCUT2D eigenvalue weighted by atomic mass is 32.2. The van der Waals surface area contributed by atoms with E-state index in [2.05, 4.69) is 32.7 Å². The molecule has 1 spiro atoms. The van der Waals surface area contributed by atoms with E-state index in [9.17, 15) is 22.0 Å².